The van der Waals surface area contributed by atoms with E-state index in [0.29, 0.717) is 0 Å². The van der Waals surface area contributed by atoms with Crippen molar-refractivity contribution in [1.82, 2.24) is 10.1 Å². The van der Waals surface area contributed by atoms with Gasteiger partial charge in [0.15, 0.2) is 5.82 Å². The van der Waals surface area contributed by atoms with Gasteiger partial charge in [-0.2, -0.15) is 23.4 Å². The predicted molar refractivity (Wildman–Crippen MR) is 49.9 cm³/mol. The Balaban J connectivity index is 2.37. The Kier molecular flexibility index (Phi) is 5.06. The Hall–Kier alpha value is -1.66. The summed E-state index contributed by atoms with van der Waals surface area (Å²) in [6, 6.07) is 1.76. The van der Waals surface area contributed by atoms with Crippen molar-refractivity contribution in [3.05, 3.63) is 11.7 Å². The van der Waals surface area contributed by atoms with Gasteiger partial charge in [-0.1, -0.05) is 5.16 Å². The van der Waals surface area contributed by atoms with Crippen LogP contribution >= 0.6 is 0 Å². The number of ether oxygens (including phenoxy) is 1. The summed E-state index contributed by atoms with van der Waals surface area (Å²) in [5, 5.41) is 20.9. The van der Waals surface area contributed by atoms with Crippen LogP contribution in [0.3, 0.4) is 0 Å². The molecule has 1 unspecified atom stereocenters. The Labute approximate surface area is 100.0 Å². The molecule has 0 fully saturated rings. The highest BCUT2D eigenvalue weighted by atomic mass is 19.4. The summed E-state index contributed by atoms with van der Waals surface area (Å²) in [6.07, 6.45) is -5.48. The molecule has 1 N–H and O–H groups in total. The number of aromatic nitrogens is 2. The van der Waals surface area contributed by atoms with Gasteiger partial charge in [-0.15, -0.1) is 0 Å². The van der Waals surface area contributed by atoms with Crippen molar-refractivity contribution >= 4 is 0 Å². The molecular weight excluding hydrogens is 255 g/mol. The van der Waals surface area contributed by atoms with E-state index in [2.05, 4.69) is 19.4 Å². The summed E-state index contributed by atoms with van der Waals surface area (Å²) in [5.41, 5.74) is 0. The first-order chi connectivity index (χ1) is 8.40. The van der Waals surface area contributed by atoms with Gasteiger partial charge < -0.3 is 14.4 Å². The Morgan fingerprint density at radius 2 is 2.22 bits per heavy atom. The second-order valence-electron chi connectivity index (χ2n) is 3.43. The molecule has 1 aromatic heterocycles. The molecule has 1 heterocycles. The van der Waals surface area contributed by atoms with Gasteiger partial charge in [0.25, 0.3) is 0 Å². The second kappa shape index (κ2) is 6.32. The first-order valence-electron chi connectivity index (χ1n) is 4.91. The van der Waals surface area contributed by atoms with Crippen LogP contribution in [0.15, 0.2) is 4.52 Å². The molecule has 18 heavy (non-hydrogen) atoms. The topological polar surface area (TPSA) is 92.2 Å². The largest absolute Gasteiger partial charge is 0.411 e. The first-order valence-corrected chi connectivity index (χ1v) is 4.91. The average Bonchev–Trinajstić information content (AvgIpc) is 2.64. The molecule has 100 valence electrons. The van der Waals surface area contributed by atoms with E-state index in [4.69, 9.17) is 5.26 Å². The fourth-order valence-electron chi connectivity index (χ4n) is 1.07. The molecule has 9 heteroatoms. The molecule has 1 atom stereocenters. The third kappa shape index (κ3) is 5.60. The van der Waals surface area contributed by atoms with E-state index in [1.165, 1.54) is 0 Å². The fourth-order valence-corrected chi connectivity index (χ4v) is 1.07. The van der Waals surface area contributed by atoms with E-state index in [9.17, 15) is 18.3 Å². The van der Waals surface area contributed by atoms with Crippen LogP contribution in [0.1, 0.15) is 18.1 Å². The molecular formula is C9H10F3N3O3. The van der Waals surface area contributed by atoms with Crippen LogP contribution in [0.5, 0.6) is 0 Å². The minimum absolute atomic E-state index is 0.0279. The van der Waals surface area contributed by atoms with Gasteiger partial charge >= 0.3 is 6.18 Å². The zero-order chi connectivity index (χ0) is 13.6. The molecule has 0 aliphatic rings. The number of hydrogen-bond donors (Lipinski definition) is 1. The number of hydrogen-bond acceptors (Lipinski definition) is 6. The average molecular weight is 265 g/mol. The fraction of sp³-hybridized carbons (Fsp3) is 0.667. The maximum absolute atomic E-state index is 11.8. The summed E-state index contributed by atoms with van der Waals surface area (Å²) in [5.74, 6) is 0.00164. The zero-order valence-electron chi connectivity index (χ0n) is 9.15. The SMILES string of the molecule is N#CCC(O)Cc1nc(COCC(F)(F)F)no1. The van der Waals surface area contributed by atoms with Crippen molar-refractivity contribution in [1.29, 1.82) is 5.26 Å². The van der Waals surface area contributed by atoms with Crippen LogP contribution in [-0.2, 0) is 17.8 Å². The van der Waals surface area contributed by atoms with Gasteiger partial charge in [0, 0.05) is 0 Å². The van der Waals surface area contributed by atoms with E-state index in [1.54, 1.807) is 6.07 Å². The number of halogens is 3. The van der Waals surface area contributed by atoms with E-state index < -0.39 is 25.5 Å². The predicted octanol–water partition coefficient (Wildman–Crippen LogP) is 0.966. The number of rotatable bonds is 6. The van der Waals surface area contributed by atoms with Gasteiger partial charge in [-0.25, -0.2) is 0 Å². The van der Waals surface area contributed by atoms with Crippen LogP contribution < -0.4 is 0 Å². The lowest BCUT2D eigenvalue weighted by Gasteiger charge is -2.04. The van der Waals surface area contributed by atoms with Gasteiger partial charge in [-0.3, -0.25) is 0 Å². The van der Waals surface area contributed by atoms with Gasteiger partial charge in [0.1, 0.15) is 13.2 Å². The van der Waals surface area contributed by atoms with Crippen LogP contribution in [-0.4, -0.2) is 34.1 Å². The maximum Gasteiger partial charge on any atom is 0.411 e. The normalized spacial score (nSPS) is 13.3. The lowest BCUT2D eigenvalue weighted by Crippen LogP contribution is -2.17. The summed E-state index contributed by atoms with van der Waals surface area (Å²) in [6.45, 7) is -1.83. The lowest BCUT2D eigenvalue weighted by molar-refractivity contribution is -0.177. The Morgan fingerprint density at radius 1 is 1.50 bits per heavy atom. The maximum atomic E-state index is 11.8. The molecule has 0 bridgehead atoms. The molecule has 0 aromatic carbocycles. The molecule has 0 saturated carbocycles. The Morgan fingerprint density at radius 3 is 2.83 bits per heavy atom. The number of nitrogens with zero attached hydrogens (tertiary/aromatic N) is 3. The van der Waals surface area contributed by atoms with Crippen molar-refractivity contribution in [2.45, 2.75) is 31.7 Å². The van der Waals surface area contributed by atoms with Crippen molar-refractivity contribution in [2.75, 3.05) is 6.61 Å². The minimum atomic E-state index is -4.41. The third-order valence-electron chi connectivity index (χ3n) is 1.74. The van der Waals surface area contributed by atoms with Crippen LogP contribution in [0.2, 0.25) is 0 Å². The standard InChI is InChI=1S/C9H10F3N3O3/c10-9(11,12)5-17-4-7-14-8(18-15-7)3-6(16)1-2-13/h6,16H,1,3-5H2. The lowest BCUT2D eigenvalue weighted by atomic mass is 10.2. The highest BCUT2D eigenvalue weighted by Crippen LogP contribution is 2.15. The first kappa shape index (κ1) is 14.4. The minimum Gasteiger partial charge on any atom is -0.392 e. The monoisotopic (exact) mass is 265 g/mol. The van der Waals surface area contributed by atoms with Gasteiger partial charge in [-0.05, 0) is 0 Å². The van der Waals surface area contributed by atoms with Crippen molar-refractivity contribution in [3.8, 4) is 6.07 Å². The molecule has 0 radical (unpaired) electrons. The van der Waals surface area contributed by atoms with Crippen molar-refractivity contribution < 1.29 is 27.5 Å². The second-order valence-corrected chi connectivity index (χ2v) is 3.43. The van der Waals surface area contributed by atoms with E-state index >= 15 is 0 Å². The number of aliphatic hydroxyl groups excluding tert-OH is 1. The smallest absolute Gasteiger partial charge is 0.392 e. The number of nitriles is 1. The molecule has 0 aliphatic carbocycles. The van der Waals surface area contributed by atoms with Crippen LogP contribution in [0, 0.1) is 11.3 Å². The molecule has 1 rings (SSSR count). The molecule has 0 amide bonds. The zero-order valence-corrected chi connectivity index (χ0v) is 9.15. The summed E-state index contributed by atoms with van der Waals surface area (Å²) >= 11 is 0. The summed E-state index contributed by atoms with van der Waals surface area (Å²) < 4.78 is 44.3. The van der Waals surface area contributed by atoms with Crippen molar-refractivity contribution in [2.24, 2.45) is 0 Å². The highest BCUT2D eigenvalue weighted by Gasteiger charge is 2.27. The van der Waals surface area contributed by atoms with E-state index in [-0.39, 0.29) is 24.6 Å². The number of alkyl halides is 3. The summed E-state index contributed by atoms with van der Waals surface area (Å²) in [4.78, 5) is 3.71. The molecule has 6 nitrogen and oxygen atoms in total. The molecule has 0 saturated heterocycles. The van der Waals surface area contributed by atoms with Crippen molar-refractivity contribution in [3.63, 3.8) is 0 Å². The van der Waals surface area contributed by atoms with E-state index in [1.807, 2.05) is 0 Å². The Bertz CT molecular complexity index is 413. The summed E-state index contributed by atoms with van der Waals surface area (Å²) in [7, 11) is 0. The third-order valence-corrected chi connectivity index (χ3v) is 1.74. The molecule has 0 aliphatic heterocycles. The van der Waals surface area contributed by atoms with Crippen LogP contribution in [0.25, 0.3) is 0 Å². The quantitative estimate of drug-likeness (QED) is 0.823. The van der Waals surface area contributed by atoms with Gasteiger partial charge in [0.05, 0.1) is 25.0 Å². The van der Waals surface area contributed by atoms with E-state index in [0.717, 1.165) is 0 Å². The number of aliphatic hydroxyl groups is 1. The highest BCUT2D eigenvalue weighted by molar-refractivity contribution is 4.89. The van der Waals surface area contributed by atoms with Gasteiger partial charge in [0.2, 0.25) is 5.89 Å². The van der Waals surface area contributed by atoms with Crippen LogP contribution in [0.4, 0.5) is 13.2 Å². The molecule has 1 aromatic rings. The molecule has 0 spiro atoms.